The summed E-state index contributed by atoms with van der Waals surface area (Å²) in [5.41, 5.74) is 2.90. The van der Waals surface area contributed by atoms with Crippen molar-refractivity contribution in [3.63, 3.8) is 0 Å². The van der Waals surface area contributed by atoms with E-state index in [9.17, 15) is 0 Å². The maximum Gasteiger partial charge on any atom is 0.0765 e. The molecule has 0 aromatic carbocycles. The van der Waals surface area contributed by atoms with Crippen LogP contribution in [-0.2, 0) is 4.74 Å². The van der Waals surface area contributed by atoms with Crippen LogP contribution >= 0.6 is 0 Å². The number of ether oxygens (including phenoxy) is 1. The van der Waals surface area contributed by atoms with E-state index in [-0.39, 0.29) is 0 Å². The topological polar surface area (TPSA) is 47.3 Å². The minimum absolute atomic E-state index is 0.318. The van der Waals surface area contributed by atoms with E-state index >= 15 is 0 Å². The van der Waals surface area contributed by atoms with Crippen molar-refractivity contribution in [1.82, 2.24) is 5.43 Å². The maximum atomic E-state index is 5.57. The zero-order chi connectivity index (χ0) is 10.6. The van der Waals surface area contributed by atoms with Gasteiger partial charge in [-0.15, -0.1) is 0 Å². The lowest BCUT2D eigenvalue weighted by Crippen LogP contribution is -2.46. The average Bonchev–Trinajstić information content (AvgIpc) is 2.95. The van der Waals surface area contributed by atoms with Crippen LogP contribution in [-0.4, -0.2) is 19.3 Å². The monoisotopic (exact) mass is 200 g/mol. The average molecular weight is 200 g/mol. The Morgan fingerprint density at radius 1 is 1.36 bits per heavy atom. The van der Waals surface area contributed by atoms with Gasteiger partial charge in [-0.3, -0.25) is 11.3 Å². The fourth-order valence-corrected chi connectivity index (χ4v) is 1.97. The van der Waals surface area contributed by atoms with Gasteiger partial charge < -0.3 is 4.74 Å². The second-order valence-electron chi connectivity index (χ2n) is 4.78. The van der Waals surface area contributed by atoms with Crippen LogP contribution in [0.2, 0.25) is 0 Å². The van der Waals surface area contributed by atoms with Gasteiger partial charge in [0.25, 0.3) is 0 Å². The fourth-order valence-electron chi connectivity index (χ4n) is 1.97. The number of hydrogen-bond acceptors (Lipinski definition) is 3. The highest BCUT2D eigenvalue weighted by Gasteiger charge is 2.36. The molecule has 0 aromatic rings. The Morgan fingerprint density at radius 2 is 2.00 bits per heavy atom. The normalized spacial score (nSPS) is 21.2. The van der Waals surface area contributed by atoms with E-state index in [0.717, 1.165) is 18.3 Å². The standard InChI is InChI=1S/C11H24N2O/c1-8(2)4-7-10(13-12)11(14-3)9-5-6-9/h8-11,13H,4-7,12H2,1-3H3. The van der Waals surface area contributed by atoms with Gasteiger partial charge in [-0.2, -0.15) is 0 Å². The van der Waals surface area contributed by atoms with Crippen molar-refractivity contribution in [2.75, 3.05) is 7.11 Å². The number of hydrazine groups is 1. The number of hydrogen-bond donors (Lipinski definition) is 2. The summed E-state index contributed by atoms with van der Waals surface area (Å²) < 4.78 is 5.52. The van der Waals surface area contributed by atoms with Gasteiger partial charge in [-0.1, -0.05) is 13.8 Å². The maximum absolute atomic E-state index is 5.57. The highest BCUT2D eigenvalue weighted by Crippen LogP contribution is 2.36. The molecule has 0 aromatic heterocycles. The van der Waals surface area contributed by atoms with E-state index in [1.165, 1.54) is 19.3 Å². The molecule has 0 bridgehead atoms. The SMILES string of the molecule is COC(C1CC1)C(CCC(C)C)NN. The van der Waals surface area contributed by atoms with E-state index in [1.54, 1.807) is 7.11 Å². The van der Waals surface area contributed by atoms with Gasteiger partial charge in [0.1, 0.15) is 0 Å². The van der Waals surface area contributed by atoms with Crippen molar-refractivity contribution in [2.45, 2.75) is 51.7 Å². The molecule has 0 radical (unpaired) electrons. The fraction of sp³-hybridized carbons (Fsp3) is 1.00. The highest BCUT2D eigenvalue weighted by atomic mass is 16.5. The van der Waals surface area contributed by atoms with E-state index in [2.05, 4.69) is 19.3 Å². The lowest BCUT2D eigenvalue weighted by molar-refractivity contribution is 0.0467. The summed E-state index contributed by atoms with van der Waals surface area (Å²) in [5, 5.41) is 0. The molecule has 3 heteroatoms. The zero-order valence-corrected chi connectivity index (χ0v) is 9.62. The summed E-state index contributed by atoms with van der Waals surface area (Å²) in [4.78, 5) is 0. The Labute approximate surface area is 87.4 Å². The molecule has 1 rings (SSSR count). The van der Waals surface area contributed by atoms with Crippen LogP contribution in [0, 0.1) is 11.8 Å². The van der Waals surface area contributed by atoms with Crippen LogP contribution in [0.15, 0.2) is 0 Å². The Morgan fingerprint density at radius 3 is 2.36 bits per heavy atom. The molecule has 3 N–H and O–H groups in total. The van der Waals surface area contributed by atoms with Crippen LogP contribution in [0.5, 0.6) is 0 Å². The van der Waals surface area contributed by atoms with Gasteiger partial charge in [0.2, 0.25) is 0 Å². The molecule has 0 amide bonds. The summed E-state index contributed by atoms with van der Waals surface area (Å²) in [6, 6.07) is 0.329. The third-order valence-electron chi connectivity index (χ3n) is 3.02. The first-order chi connectivity index (χ1) is 6.69. The van der Waals surface area contributed by atoms with Crippen LogP contribution < -0.4 is 11.3 Å². The van der Waals surface area contributed by atoms with Crippen molar-refractivity contribution in [1.29, 1.82) is 0 Å². The van der Waals surface area contributed by atoms with Crippen molar-refractivity contribution < 1.29 is 4.74 Å². The summed E-state index contributed by atoms with van der Waals surface area (Å²) in [6.45, 7) is 4.49. The third kappa shape index (κ3) is 3.56. The van der Waals surface area contributed by atoms with Crippen molar-refractivity contribution in [3.8, 4) is 0 Å². The smallest absolute Gasteiger partial charge is 0.0765 e. The molecule has 1 aliphatic rings. The molecule has 84 valence electrons. The van der Waals surface area contributed by atoms with Crippen LogP contribution in [0.25, 0.3) is 0 Å². The van der Waals surface area contributed by atoms with E-state index in [1.807, 2.05) is 0 Å². The number of nitrogens with one attached hydrogen (secondary N) is 1. The number of nitrogens with two attached hydrogens (primary N) is 1. The minimum Gasteiger partial charge on any atom is -0.379 e. The molecule has 1 aliphatic carbocycles. The molecule has 0 aliphatic heterocycles. The zero-order valence-electron chi connectivity index (χ0n) is 9.62. The molecular formula is C11H24N2O. The van der Waals surface area contributed by atoms with Crippen LogP contribution in [0.3, 0.4) is 0 Å². The largest absolute Gasteiger partial charge is 0.379 e. The first kappa shape index (κ1) is 12.0. The van der Waals surface area contributed by atoms with Crippen molar-refractivity contribution in [2.24, 2.45) is 17.7 Å². The molecule has 2 unspecified atom stereocenters. The van der Waals surface area contributed by atoms with Gasteiger partial charge in [0.15, 0.2) is 0 Å². The lowest BCUT2D eigenvalue weighted by atomic mass is 9.97. The Kier molecular flexibility index (Phi) is 4.85. The minimum atomic E-state index is 0.318. The molecule has 1 fully saturated rings. The Balaban J connectivity index is 2.33. The summed E-state index contributed by atoms with van der Waals surface area (Å²) in [5.74, 6) is 7.05. The Bertz CT molecular complexity index is 157. The van der Waals surface area contributed by atoms with E-state index < -0.39 is 0 Å². The molecule has 0 saturated heterocycles. The first-order valence-corrected chi connectivity index (χ1v) is 5.68. The molecular weight excluding hydrogens is 176 g/mol. The van der Waals surface area contributed by atoms with Gasteiger partial charge in [-0.05, 0) is 37.5 Å². The summed E-state index contributed by atoms with van der Waals surface area (Å²) in [6.07, 6.45) is 5.25. The number of methoxy groups -OCH3 is 1. The Hall–Kier alpha value is -0.120. The molecule has 0 spiro atoms. The van der Waals surface area contributed by atoms with Crippen molar-refractivity contribution >= 4 is 0 Å². The third-order valence-corrected chi connectivity index (χ3v) is 3.02. The first-order valence-electron chi connectivity index (χ1n) is 5.68. The summed E-state index contributed by atoms with van der Waals surface area (Å²) >= 11 is 0. The summed E-state index contributed by atoms with van der Waals surface area (Å²) in [7, 11) is 1.79. The lowest BCUT2D eigenvalue weighted by Gasteiger charge is -2.25. The highest BCUT2D eigenvalue weighted by molar-refractivity contribution is 4.89. The second-order valence-corrected chi connectivity index (χ2v) is 4.78. The molecule has 3 nitrogen and oxygen atoms in total. The van der Waals surface area contributed by atoms with Gasteiger partial charge in [0.05, 0.1) is 6.10 Å². The van der Waals surface area contributed by atoms with Crippen molar-refractivity contribution in [3.05, 3.63) is 0 Å². The number of rotatable bonds is 7. The molecule has 2 atom stereocenters. The molecule has 14 heavy (non-hydrogen) atoms. The molecule has 1 saturated carbocycles. The quantitative estimate of drug-likeness (QED) is 0.485. The molecule has 0 heterocycles. The van der Waals surface area contributed by atoms with E-state index in [0.29, 0.717) is 12.1 Å². The van der Waals surface area contributed by atoms with Gasteiger partial charge in [0, 0.05) is 13.2 Å². The van der Waals surface area contributed by atoms with Gasteiger partial charge in [-0.25, -0.2) is 0 Å². The van der Waals surface area contributed by atoms with Crippen LogP contribution in [0.1, 0.15) is 39.5 Å². The predicted molar refractivity (Wildman–Crippen MR) is 58.7 cm³/mol. The predicted octanol–water partition coefficient (Wildman–Crippen LogP) is 1.68. The van der Waals surface area contributed by atoms with Gasteiger partial charge >= 0.3 is 0 Å². The van der Waals surface area contributed by atoms with E-state index in [4.69, 9.17) is 10.6 Å². The second kappa shape index (κ2) is 5.69. The van der Waals surface area contributed by atoms with Crippen LogP contribution in [0.4, 0.5) is 0 Å².